The highest BCUT2D eigenvalue weighted by atomic mass is 32.2. The Labute approximate surface area is 138 Å². The van der Waals surface area contributed by atoms with Gasteiger partial charge in [-0.2, -0.15) is 5.10 Å². The fourth-order valence-corrected chi connectivity index (χ4v) is 2.53. The zero-order chi connectivity index (χ0) is 17.3. The summed E-state index contributed by atoms with van der Waals surface area (Å²) in [4.78, 5) is 16.5. The number of thioether (sulfide) groups is 1. The Morgan fingerprint density at radius 2 is 2.05 bits per heavy atom. The van der Waals surface area contributed by atoms with Crippen LogP contribution in [0.1, 0.15) is 41.5 Å². The summed E-state index contributed by atoms with van der Waals surface area (Å²) in [6.45, 7) is 15.4. The molecule has 0 radical (unpaired) electrons. The zero-order valence-electron chi connectivity index (χ0n) is 14.8. The lowest BCUT2D eigenvalue weighted by Gasteiger charge is -2.21. The molecular formula is C16H29N3O2S. The molecule has 0 fully saturated rings. The Bertz CT molecular complexity index is 445. The normalized spacial score (nSPS) is 14.5. The lowest BCUT2D eigenvalue weighted by atomic mass is 9.97. The highest BCUT2D eigenvalue weighted by Crippen LogP contribution is 2.24. The van der Waals surface area contributed by atoms with Crippen molar-refractivity contribution in [3.63, 3.8) is 0 Å². The molecule has 1 unspecified atom stereocenters. The highest BCUT2D eigenvalue weighted by molar-refractivity contribution is 8.13. The first-order valence-corrected chi connectivity index (χ1v) is 8.35. The molecule has 0 N–H and O–H groups in total. The number of aliphatic imine (C=N–C) groups is 1. The number of carbonyl (C=O) groups is 1. The lowest BCUT2D eigenvalue weighted by Crippen LogP contribution is -2.29. The van der Waals surface area contributed by atoms with Gasteiger partial charge in [-0.15, -0.1) is 11.8 Å². The molecule has 6 heteroatoms. The molecule has 0 saturated heterocycles. The number of carbonyl (C=O) groups excluding carboxylic acids is 1. The summed E-state index contributed by atoms with van der Waals surface area (Å²) in [5.74, 6) is 0.475. The van der Waals surface area contributed by atoms with E-state index >= 15 is 0 Å². The molecule has 22 heavy (non-hydrogen) atoms. The molecule has 5 nitrogen and oxygen atoms in total. The van der Waals surface area contributed by atoms with Gasteiger partial charge < -0.3 is 4.74 Å². The second kappa shape index (κ2) is 9.66. The first-order valence-electron chi connectivity index (χ1n) is 7.37. The summed E-state index contributed by atoms with van der Waals surface area (Å²) in [7, 11) is 1.85. The third-order valence-corrected chi connectivity index (χ3v) is 4.45. The Morgan fingerprint density at radius 3 is 2.55 bits per heavy atom. The predicted octanol–water partition coefficient (Wildman–Crippen LogP) is 3.57. The topological polar surface area (TPSA) is 54.3 Å². The second-order valence-electron chi connectivity index (χ2n) is 5.75. The molecule has 1 atom stereocenters. The van der Waals surface area contributed by atoms with E-state index in [9.17, 15) is 4.79 Å². The van der Waals surface area contributed by atoms with Crippen molar-refractivity contribution in [3.8, 4) is 0 Å². The van der Waals surface area contributed by atoms with Gasteiger partial charge in [-0.1, -0.05) is 0 Å². The van der Waals surface area contributed by atoms with Gasteiger partial charge in [-0.3, -0.25) is 14.8 Å². The third-order valence-electron chi connectivity index (χ3n) is 3.06. The van der Waals surface area contributed by atoms with E-state index in [0.717, 1.165) is 10.7 Å². The molecule has 0 heterocycles. The number of nitrogens with zero attached hydrogens (tertiary/aromatic N) is 3. The maximum Gasteiger partial charge on any atom is 0.312 e. The molecule has 0 aliphatic carbocycles. The van der Waals surface area contributed by atoms with E-state index in [0.29, 0.717) is 12.4 Å². The van der Waals surface area contributed by atoms with Crippen LogP contribution in [0.3, 0.4) is 0 Å². The molecule has 0 rings (SSSR count). The molecule has 0 bridgehead atoms. The van der Waals surface area contributed by atoms with E-state index in [-0.39, 0.29) is 12.0 Å². The minimum atomic E-state index is -0.514. The van der Waals surface area contributed by atoms with Gasteiger partial charge in [0.15, 0.2) is 0 Å². The van der Waals surface area contributed by atoms with E-state index in [4.69, 9.17) is 4.74 Å². The number of esters is 1. The van der Waals surface area contributed by atoms with E-state index in [1.54, 1.807) is 16.8 Å². The Morgan fingerprint density at radius 1 is 1.45 bits per heavy atom. The van der Waals surface area contributed by atoms with Gasteiger partial charge in [0.1, 0.15) is 0 Å². The number of rotatable bonds is 8. The van der Waals surface area contributed by atoms with Gasteiger partial charge >= 0.3 is 5.97 Å². The number of hydrogen-bond donors (Lipinski definition) is 0. The number of allylic oxidation sites excluding steroid dienone is 1. The van der Waals surface area contributed by atoms with Crippen LogP contribution in [0, 0.1) is 5.41 Å². The summed E-state index contributed by atoms with van der Waals surface area (Å²) in [6.07, 6.45) is 2.02. The van der Waals surface area contributed by atoms with Gasteiger partial charge in [0.05, 0.1) is 23.1 Å². The fraction of sp³-hybridized carbons (Fsp3) is 0.688. The van der Waals surface area contributed by atoms with Crippen molar-refractivity contribution in [2.45, 2.75) is 47.6 Å². The maximum absolute atomic E-state index is 11.8. The molecular weight excluding hydrogens is 298 g/mol. The molecule has 0 aliphatic heterocycles. The second-order valence-corrected chi connectivity index (χ2v) is 6.92. The lowest BCUT2D eigenvalue weighted by molar-refractivity contribution is -0.152. The van der Waals surface area contributed by atoms with Crippen LogP contribution < -0.4 is 0 Å². The van der Waals surface area contributed by atoms with Crippen molar-refractivity contribution in [1.29, 1.82) is 0 Å². The number of ether oxygens (including phenoxy) is 1. The number of hydrazone groups is 1. The van der Waals surface area contributed by atoms with E-state index in [1.807, 2.05) is 54.7 Å². The Hall–Kier alpha value is -1.30. The van der Waals surface area contributed by atoms with Gasteiger partial charge in [-0.25, -0.2) is 0 Å². The standard InChI is InChI=1S/C16H29N3O2S/c1-9-21-15(20)16(5,6)11-22-14(4)18-12(2)10-13(3)19(8)17-7/h10,12H,7,9,11H2,1-6,8H3. The Balaban J connectivity index is 4.62. The van der Waals surface area contributed by atoms with Crippen molar-refractivity contribution in [3.05, 3.63) is 11.8 Å². The molecule has 0 aliphatic rings. The van der Waals surface area contributed by atoms with Gasteiger partial charge in [0, 0.05) is 25.2 Å². The molecule has 0 saturated carbocycles. The van der Waals surface area contributed by atoms with Crippen molar-refractivity contribution in [1.82, 2.24) is 5.01 Å². The molecule has 126 valence electrons. The summed E-state index contributed by atoms with van der Waals surface area (Å²) in [5.41, 5.74) is 0.482. The predicted molar refractivity (Wildman–Crippen MR) is 96.5 cm³/mol. The summed E-state index contributed by atoms with van der Waals surface area (Å²) < 4.78 is 5.09. The first kappa shape index (κ1) is 20.7. The fourth-order valence-electron chi connectivity index (χ4n) is 1.60. The molecule has 0 spiro atoms. The summed E-state index contributed by atoms with van der Waals surface area (Å²) >= 11 is 1.58. The van der Waals surface area contributed by atoms with Crippen LogP contribution in [0.15, 0.2) is 21.9 Å². The minimum absolute atomic E-state index is 0.0439. The van der Waals surface area contributed by atoms with Crippen LogP contribution in [0.2, 0.25) is 0 Å². The average Bonchev–Trinajstić information content (AvgIpc) is 2.44. The highest BCUT2D eigenvalue weighted by Gasteiger charge is 2.29. The SMILES string of the molecule is C=NN(C)C(C)=CC(C)N=C(C)SCC(C)(C)C(=O)OCC. The number of hydrogen-bond acceptors (Lipinski definition) is 6. The third kappa shape index (κ3) is 7.64. The van der Waals surface area contributed by atoms with Crippen molar-refractivity contribution < 1.29 is 9.53 Å². The monoisotopic (exact) mass is 327 g/mol. The molecule has 0 amide bonds. The Kier molecular flexibility index (Phi) is 9.09. The van der Waals surface area contributed by atoms with E-state index in [1.165, 1.54) is 0 Å². The first-order chi connectivity index (χ1) is 10.1. The summed E-state index contributed by atoms with van der Waals surface area (Å²) in [6, 6.07) is 0.0439. The van der Waals surface area contributed by atoms with Crippen molar-refractivity contribution in [2.75, 3.05) is 19.4 Å². The van der Waals surface area contributed by atoms with Crippen LogP contribution in [-0.4, -0.2) is 48.2 Å². The van der Waals surface area contributed by atoms with Crippen LogP contribution >= 0.6 is 11.8 Å². The average molecular weight is 327 g/mol. The van der Waals surface area contributed by atoms with Gasteiger partial charge in [-0.05, 0) is 47.6 Å². The van der Waals surface area contributed by atoms with E-state index in [2.05, 4.69) is 16.8 Å². The minimum Gasteiger partial charge on any atom is -0.466 e. The molecule has 0 aromatic heterocycles. The van der Waals surface area contributed by atoms with E-state index < -0.39 is 5.41 Å². The van der Waals surface area contributed by atoms with Gasteiger partial charge in [0.25, 0.3) is 0 Å². The van der Waals surface area contributed by atoms with Crippen LogP contribution in [-0.2, 0) is 9.53 Å². The van der Waals surface area contributed by atoms with Crippen LogP contribution in [0.4, 0.5) is 0 Å². The van der Waals surface area contributed by atoms with Gasteiger partial charge in [0.2, 0.25) is 0 Å². The van der Waals surface area contributed by atoms with Crippen LogP contribution in [0.5, 0.6) is 0 Å². The summed E-state index contributed by atoms with van der Waals surface area (Å²) in [5, 5.41) is 6.49. The molecule has 0 aromatic rings. The maximum atomic E-state index is 11.8. The van der Waals surface area contributed by atoms with Crippen molar-refractivity contribution >= 4 is 29.5 Å². The largest absolute Gasteiger partial charge is 0.466 e. The quantitative estimate of drug-likeness (QED) is 0.296. The smallest absolute Gasteiger partial charge is 0.312 e. The van der Waals surface area contributed by atoms with Crippen molar-refractivity contribution in [2.24, 2.45) is 15.5 Å². The molecule has 0 aromatic carbocycles. The van der Waals surface area contributed by atoms with Crippen LogP contribution in [0.25, 0.3) is 0 Å². The zero-order valence-corrected chi connectivity index (χ0v) is 15.7.